The maximum atomic E-state index is 6.14. The fraction of sp³-hybridized carbons (Fsp3) is 0.333. The molecule has 0 spiro atoms. The SMILES string of the molecule is Cn1c(C(C)(C)N)cc2cccc(Br)c21. The van der Waals surface area contributed by atoms with E-state index in [1.165, 1.54) is 10.9 Å². The number of aromatic nitrogens is 1. The zero-order valence-corrected chi connectivity index (χ0v) is 10.8. The van der Waals surface area contributed by atoms with Crippen LogP contribution in [0.15, 0.2) is 28.7 Å². The molecular weight excluding hydrogens is 252 g/mol. The summed E-state index contributed by atoms with van der Waals surface area (Å²) in [4.78, 5) is 0. The van der Waals surface area contributed by atoms with Crippen molar-refractivity contribution in [2.24, 2.45) is 12.8 Å². The van der Waals surface area contributed by atoms with E-state index in [-0.39, 0.29) is 5.54 Å². The van der Waals surface area contributed by atoms with E-state index in [9.17, 15) is 0 Å². The molecule has 1 aromatic heterocycles. The van der Waals surface area contributed by atoms with Gasteiger partial charge >= 0.3 is 0 Å². The molecule has 0 unspecified atom stereocenters. The second-order valence-corrected chi connectivity index (χ2v) is 5.34. The molecule has 2 nitrogen and oxygen atoms in total. The predicted molar refractivity (Wildman–Crippen MR) is 67.8 cm³/mol. The first-order valence-corrected chi connectivity index (χ1v) is 5.74. The number of aryl methyl sites for hydroxylation is 1. The van der Waals surface area contributed by atoms with Crippen molar-refractivity contribution in [1.82, 2.24) is 4.57 Å². The number of para-hydroxylation sites is 1. The highest BCUT2D eigenvalue weighted by Crippen LogP contribution is 2.30. The minimum Gasteiger partial charge on any atom is -0.345 e. The highest BCUT2D eigenvalue weighted by molar-refractivity contribution is 9.10. The molecule has 80 valence electrons. The number of rotatable bonds is 1. The van der Waals surface area contributed by atoms with Gasteiger partial charge in [0.25, 0.3) is 0 Å². The van der Waals surface area contributed by atoms with Crippen molar-refractivity contribution in [2.75, 3.05) is 0 Å². The average molecular weight is 267 g/mol. The van der Waals surface area contributed by atoms with E-state index in [4.69, 9.17) is 5.73 Å². The summed E-state index contributed by atoms with van der Waals surface area (Å²) in [5.74, 6) is 0. The van der Waals surface area contributed by atoms with Crippen LogP contribution in [0.5, 0.6) is 0 Å². The maximum Gasteiger partial charge on any atom is 0.0624 e. The topological polar surface area (TPSA) is 30.9 Å². The minimum atomic E-state index is -0.312. The third-order valence-electron chi connectivity index (χ3n) is 2.67. The number of fused-ring (bicyclic) bond motifs is 1. The predicted octanol–water partition coefficient (Wildman–Crippen LogP) is 3.13. The molecule has 1 aromatic carbocycles. The molecule has 15 heavy (non-hydrogen) atoms. The summed E-state index contributed by atoms with van der Waals surface area (Å²) in [5, 5.41) is 1.22. The van der Waals surface area contributed by atoms with E-state index < -0.39 is 0 Å². The lowest BCUT2D eigenvalue weighted by atomic mass is 10.0. The van der Waals surface area contributed by atoms with Crippen LogP contribution in [-0.4, -0.2) is 4.57 Å². The second-order valence-electron chi connectivity index (χ2n) is 4.49. The highest BCUT2D eigenvalue weighted by Gasteiger charge is 2.20. The lowest BCUT2D eigenvalue weighted by Gasteiger charge is -2.19. The largest absolute Gasteiger partial charge is 0.345 e. The van der Waals surface area contributed by atoms with Crippen molar-refractivity contribution >= 4 is 26.8 Å². The van der Waals surface area contributed by atoms with Gasteiger partial charge in [-0.3, -0.25) is 0 Å². The van der Waals surface area contributed by atoms with Crippen LogP contribution in [0, 0.1) is 0 Å². The van der Waals surface area contributed by atoms with E-state index >= 15 is 0 Å². The highest BCUT2D eigenvalue weighted by atomic mass is 79.9. The van der Waals surface area contributed by atoms with Gasteiger partial charge in [0.1, 0.15) is 0 Å². The normalized spacial score (nSPS) is 12.3. The lowest BCUT2D eigenvalue weighted by Crippen LogP contribution is -2.30. The van der Waals surface area contributed by atoms with E-state index in [0.29, 0.717) is 0 Å². The first kappa shape index (κ1) is 10.7. The lowest BCUT2D eigenvalue weighted by molar-refractivity contribution is 0.516. The van der Waals surface area contributed by atoms with Crippen molar-refractivity contribution in [1.29, 1.82) is 0 Å². The van der Waals surface area contributed by atoms with Gasteiger partial charge in [-0.25, -0.2) is 0 Å². The maximum absolute atomic E-state index is 6.14. The Morgan fingerprint density at radius 1 is 1.33 bits per heavy atom. The average Bonchev–Trinajstić information content (AvgIpc) is 2.44. The molecule has 0 aliphatic heterocycles. The summed E-state index contributed by atoms with van der Waals surface area (Å²) in [6.45, 7) is 4.05. The smallest absolute Gasteiger partial charge is 0.0624 e. The van der Waals surface area contributed by atoms with Gasteiger partial charge in [0.2, 0.25) is 0 Å². The monoisotopic (exact) mass is 266 g/mol. The van der Waals surface area contributed by atoms with Crippen molar-refractivity contribution in [3.05, 3.63) is 34.4 Å². The van der Waals surface area contributed by atoms with Crippen molar-refractivity contribution < 1.29 is 0 Å². The zero-order valence-electron chi connectivity index (χ0n) is 9.21. The van der Waals surface area contributed by atoms with Crippen LogP contribution in [0.4, 0.5) is 0 Å². The Balaban J connectivity index is 2.82. The second kappa shape index (κ2) is 3.35. The Morgan fingerprint density at radius 2 is 2.00 bits per heavy atom. The number of nitrogens with two attached hydrogens (primary N) is 1. The van der Waals surface area contributed by atoms with Gasteiger partial charge in [0.15, 0.2) is 0 Å². The van der Waals surface area contributed by atoms with Gasteiger partial charge in [-0.1, -0.05) is 12.1 Å². The molecule has 0 aliphatic carbocycles. The van der Waals surface area contributed by atoms with Crippen LogP contribution in [0.2, 0.25) is 0 Å². The third-order valence-corrected chi connectivity index (χ3v) is 3.31. The third kappa shape index (κ3) is 1.70. The van der Waals surface area contributed by atoms with Crippen LogP contribution in [-0.2, 0) is 12.6 Å². The molecule has 0 atom stereocenters. The summed E-state index contributed by atoms with van der Waals surface area (Å²) >= 11 is 3.57. The Kier molecular flexibility index (Phi) is 2.40. The molecule has 0 saturated heterocycles. The molecule has 2 N–H and O–H groups in total. The van der Waals surface area contributed by atoms with Crippen molar-refractivity contribution in [2.45, 2.75) is 19.4 Å². The van der Waals surface area contributed by atoms with Gasteiger partial charge in [-0.2, -0.15) is 0 Å². The van der Waals surface area contributed by atoms with Gasteiger partial charge < -0.3 is 10.3 Å². The molecule has 0 radical (unpaired) electrons. The molecule has 2 rings (SSSR count). The number of hydrogen-bond acceptors (Lipinski definition) is 1. The fourth-order valence-corrected chi connectivity index (χ4v) is 2.63. The van der Waals surface area contributed by atoms with Gasteiger partial charge in [-0.05, 0) is 41.9 Å². The van der Waals surface area contributed by atoms with Gasteiger partial charge in [0, 0.05) is 22.6 Å². The Bertz CT molecular complexity index is 506. The molecular formula is C12H15BrN2. The van der Waals surface area contributed by atoms with Crippen molar-refractivity contribution in [3.63, 3.8) is 0 Å². The number of nitrogens with zero attached hydrogens (tertiary/aromatic N) is 1. The van der Waals surface area contributed by atoms with Crippen molar-refractivity contribution in [3.8, 4) is 0 Å². The molecule has 3 heteroatoms. The summed E-state index contributed by atoms with van der Waals surface area (Å²) in [5.41, 5.74) is 8.17. The van der Waals surface area contributed by atoms with E-state index in [1.807, 2.05) is 19.9 Å². The standard InChI is InChI=1S/C12H15BrN2/c1-12(2,14)10-7-8-5-4-6-9(13)11(8)15(10)3/h4-7H,14H2,1-3H3. The molecule has 0 bridgehead atoms. The van der Waals surface area contributed by atoms with E-state index in [2.05, 4.69) is 45.7 Å². The molecule has 1 heterocycles. The van der Waals surface area contributed by atoms with Crippen LogP contribution in [0.1, 0.15) is 19.5 Å². The summed E-state index contributed by atoms with van der Waals surface area (Å²) in [6, 6.07) is 8.35. The molecule has 0 aliphatic rings. The number of halogens is 1. The quantitative estimate of drug-likeness (QED) is 0.845. The summed E-state index contributed by atoms with van der Waals surface area (Å²) in [6.07, 6.45) is 0. The molecule has 0 amide bonds. The molecule has 2 aromatic rings. The minimum absolute atomic E-state index is 0.312. The summed E-state index contributed by atoms with van der Waals surface area (Å²) in [7, 11) is 2.05. The van der Waals surface area contributed by atoms with Crippen LogP contribution < -0.4 is 5.73 Å². The molecule has 0 fully saturated rings. The van der Waals surface area contributed by atoms with Gasteiger partial charge in [-0.15, -0.1) is 0 Å². The first-order chi connectivity index (χ1) is 6.91. The Morgan fingerprint density at radius 3 is 2.53 bits per heavy atom. The number of hydrogen-bond donors (Lipinski definition) is 1. The summed E-state index contributed by atoms with van der Waals surface area (Å²) < 4.78 is 3.26. The Hall–Kier alpha value is -0.800. The Labute approximate surface area is 98.2 Å². The first-order valence-electron chi connectivity index (χ1n) is 4.94. The van der Waals surface area contributed by atoms with E-state index in [0.717, 1.165) is 10.2 Å². The van der Waals surface area contributed by atoms with Crippen LogP contribution in [0.25, 0.3) is 10.9 Å². The van der Waals surface area contributed by atoms with E-state index in [1.54, 1.807) is 0 Å². The van der Waals surface area contributed by atoms with Gasteiger partial charge in [0.05, 0.1) is 11.1 Å². The zero-order chi connectivity index (χ0) is 11.2. The van der Waals surface area contributed by atoms with Crippen LogP contribution >= 0.6 is 15.9 Å². The van der Waals surface area contributed by atoms with Crippen LogP contribution in [0.3, 0.4) is 0 Å². The fourth-order valence-electron chi connectivity index (χ4n) is 1.99. The number of benzene rings is 1. The molecule has 0 saturated carbocycles.